The lowest BCUT2D eigenvalue weighted by Gasteiger charge is -2.33. The van der Waals surface area contributed by atoms with Crippen LogP contribution in [0, 0.1) is 5.92 Å². The Morgan fingerprint density at radius 1 is 1.08 bits per heavy atom. The zero-order valence-electron chi connectivity index (χ0n) is 15.0. The molecule has 0 spiro atoms. The lowest BCUT2D eigenvalue weighted by Crippen LogP contribution is -2.41. The molecule has 3 aliphatic heterocycles. The van der Waals surface area contributed by atoms with E-state index in [-0.39, 0.29) is 0 Å². The van der Waals surface area contributed by atoms with Crippen molar-refractivity contribution in [2.45, 2.75) is 70.0 Å². The van der Waals surface area contributed by atoms with Crippen LogP contribution in [0.3, 0.4) is 0 Å². The van der Waals surface area contributed by atoms with E-state index < -0.39 is 0 Å². The highest BCUT2D eigenvalue weighted by Gasteiger charge is 2.25. The quantitative estimate of drug-likeness (QED) is 0.808. The van der Waals surface area contributed by atoms with Gasteiger partial charge in [-0.2, -0.15) is 0 Å². The zero-order valence-corrected chi connectivity index (χ0v) is 15.0. The fourth-order valence-electron chi connectivity index (χ4n) is 4.11. The molecule has 3 fully saturated rings. The lowest BCUT2D eigenvalue weighted by atomic mass is 9.93. The molecule has 3 rings (SSSR count). The number of piperidine rings is 2. The number of nitrogens with one attached hydrogen (secondary N) is 1. The Hall–Kier alpha value is -0.650. The second kappa shape index (κ2) is 9.73. The average molecular weight is 338 g/mol. The van der Waals surface area contributed by atoms with Crippen molar-refractivity contribution in [1.29, 1.82) is 0 Å². The van der Waals surface area contributed by atoms with E-state index in [1.807, 2.05) is 0 Å². The SMILES string of the molecule is O=C(CCC1CCNCC1)N1CCC(OCC2CCCCO2)CC1. The van der Waals surface area contributed by atoms with Crippen LogP contribution < -0.4 is 5.32 Å². The van der Waals surface area contributed by atoms with Gasteiger partial charge in [0.15, 0.2) is 0 Å². The maximum Gasteiger partial charge on any atom is 0.222 e. The molecule has 5 nitrogen and oxygen atoms in total. The van der Waals surface area contributed by atoms with Gasteiger partial charge in [-0.05, 0) is 70.4 Å². The number of hydrogen-bond donors (Lipinski definition) is 1. The molecule has 0 aromatic rings. The third kappa shape index (κ3) is 5.71. The first kappa shape index (κ1) is 18.2. The Morgan fingerprint density at radius 3 is 2.58 bits per heavy atom. The van der Waals surface area contributed by atoms with Gasteiger partial charge in [0.1, 0.15) is 0 Å². The number of nitrogens with zero attached hydrogens (tertiary/aromatic N) is 1. The van der Waals surface area contributed by atoms with Crippen LogP contribution in [-0.4, -0.2) is 62.4 Å². The summed E-state index contributed by atoms with van der Waals surface area (Å²) in [5.74, 6) is 1.09. The van der Waals surface area contributed by atoms with Crippen molar-refractivity contribution in [3.05, 3.63) is 0 Å². The second-order valence-corrected chi connectivity index (χ2v) is 7.63. The van der Waals surface area contributed by atoms with Gasteiger partial charge in [-0.25, -0.2) is 0 Å². The molecule has 3 aliphatic rings. The maximum absolute atomic E-state index is 12.4. The lowest BCUT2D eigenvalue weighted by molar-refractivity contribution is -0.135. The summed E-state index contributed by atoms with van der Waals surface area (Å²) in [4.78, 5) is 14.5. The third-order valence-corrected chi connectivity index (χ3v) is 5.81. The zero-order chi connectivity index (χ0) is 16.6. The molecule has 1 N–H and O–H groups in total. The number of ether oxygens (including phenoxy) is 2. The minimum absolute atomic E-state index is 0.295. The van der Waals surface area contributed by atoms with Crippen LogP contribution >= 0.6 is 0 Å². The van der Waals surface area contributed by atoms with Gasteiger partial charge in [-0.1, -0.05) is 0 Å². The van der Waals surface area contributed by atoms with Gasteiger partial charge in [0, 0.05) is 26.1 Å². The van der Waals surface area contributed by atoms with Gasteiger partial charge < -0.3 is 19.7 Å². The van der Waals surface area contributed by atoms with Crippen molar-refractivity contribution in [3.63, 3.8) is 0 Å². The molecular formula is C19H34N2O3. The summed E-state index contributed by atoms with van der Waals surface area (Å²) in [5.41, 5.74) is 0. The van der Waals surface area contributed by atoms with Crippen molar-refractivity contribution < 1.29 is 14.3 Å². The van der Waals surface area contributed by atoms with Gasteiger partial charge in [-0.15, -0.1) is 0 Å². The highest BCUT2D eigenvalue weighted by atomic mass is 16.5. The molecule has 1 atom stereocenters. The predicted molar refractivity (Wildman–Crippen MR) is 94.0 cm³/mol. The largest absolute Gasteiger partial charge is 0.376 e. The Labute approximate surface area is 146 Å². The highest BCUT2D eigenvalue weighted by Crippen LogP contribution is 2.21. The highest BCUT2D eigenvalue weighted by molar-refractivity contribution is 5.76. The minimum atomic E-state index is 0.295. The topological polar surface area (TPSA) is 50.8 Å². The Bertz CT molecular complexity index is 371. The number of likely N-dealkylation sites (tertiary alicyclic amines) is 1. The molecule has 0 radical (unpaired) electrons. The molecule has 1 amide bonds. The van der Waals surface area contributed by atoms with Gasteiger partial charge in [-0.3, -0.25) is 4.79 Å². The van der Waals surface area contributed by atoms with E-state index in [1.54, 1.807) is 0 Å². The van der Waals surface area contributed by atoms with Crippen molar-refractivity contribution in [2.24, 2.45) is 5.92 Å². The summed E-state index contributed by atoms with van der Waals surface area (Å²) in [6.45, 7) is 5.58. The van der Waals surface area contributed by atoms with E-state index in [2.05, 4.69) is 10.2 Å². The van der Waals surface area contributed by atoms with Gasteiger partial charge in [0.2, 0.25) is 5.91 Å². The maximum atomic E-state index is 12.4. The standard InChI is InChI=1S/C19H34N2O3/c22-19(5-4-16-6-10-20-11-7-16)21-12-8-17(9-13-21)24-15-18-3-1-2-14-23-18/h16-18,20H,1-15H2. The van der Waals surface area contributed by atoms with E-state index in [4.69, 9.17) is 9.47 Å². The van der Waals surface area contributed by atoms with E-state index in [0.717, 1.165) is 77.4 Å². The molecule has 5 heteroatoms. The van der Waals surface area contributed by atoms with Crippen LogP contribution in [0.25, 0.3) is 0 Å². The van der Waals surface area contributed by atoms with Crippen LogP contribution in [0.2, 0.25) is 0 Å². The van der Waals surface area contributed by atoms with E-state index in [9.17, 15) is 4.79 Å². The summed E-state index contributed by atoms with van der Waals surface area (Å²) < 4.78 is 11.8. The Kier molecular flexibility index (Phi) is 7.36. The molecule has 0 bridgehead atoms. The van der Waals surface area contributed by atoms with Crippen LogP contribution in [0.5, 0.6) is 0 Å². The Balaban J connectivity index is 1.28. The molecular weight excluding hydrogens is 304 g/mol. The summed E-state index contributed by atoms with van der Waals surface area (Å²) in [5, 5.41) is 3.39. The smallest absolute Gasteiger partial charge is 0.222 e. The molecule has 0 saturated carbocycles. The molecule has 0 aromatic carbocycles. The van der Waals surface area contributed by atoms with Crippen LogP contribution in [0.15, 0.2) is 0 Å². The van der Waals surface area contributed by atoms with Crippen LogP contribution in [0.1, 0.15) is 57.8 Å². The Morgan fingerprint density at radius 2 is 1.88 bits per heavy atom. The first-order chi connectivity index (χ1) is 11.8. The minimum Gasteiger partial charge on any atom is -0.376 e. The molecule has 138 valence electrons. The van der Waals surface area contributed by atoms with Gasteiger partial charge in [0.05, 0.1) is 18.8 Å². The first-order valence-corrected chi connectivity index (χ1v) is 10.0. The molecule has 1 unspecified atom stereocenters. The summed E-state index contributed by atoms with van der Waals surface area (Å²) in [7, 11) is 0. The number of hydrogen-bond acceptors (Lipinski definition) is 4. The summed E-state index contributed by atoms with van der Waals surface area (Å²) in [6.07, 6.45) is 10.4. The van der Waals surface area contributed by atoms with Crippen molar-refractivity contribution in [1.82, 2.24) is 10.2 Å². The van der Waals surface area contributed by atoms with E-state index in [0.29, 0.717) is 18.1 Å². The van der Waals surface area contributed by atoms with Gasteiger partial charge >= 0.3 is 0 Å². The number of carbonyl (C=O) groups is 1. The second-order valence-electron chi connectivity index (χ2n) is 7.63. The monoisotopic (exact) mass is 338 g/mol. The molecule has 24 heavy (non-hydrogen) atoms. The van der Waals surface area contributed by atoms with Gasteiger partial charge in [0.25, 0.3) is 0 Å². The van der Waals surface area contributed by atoms with Crippen molar-refractivity contribution in [3.8, 4) is 0 Å². The number of rotatable bonds is 6. The number of carbonyl (C=O) groups excluding carboxylic acids is 1. The molecule has 0 aliphatic carbocycles. The summed E-state index contributed by atoms with van der Waals surface area (Å²) in [6, 6.07) is 0. The number of amides is 1. The van der Waals surface area contributed by atoms with E-state index >= 15 is 0 Å². The van der Waals surface area contributed by atoms with E-state index in [1.165, 1.54) is 25.7 Å². The predicted octanol–water partition coefficient (Wildman–Crippen LogP) is 2.34. The molecule has 3 heterocycles. The van der Waals surface area contributed by atoms with Crippen molar-refractivity contribution >= 4 is 5.91 Å². The fourth-order valence-corrected chi connectivity index (χ4v) is 4.11. The molecule has 0 aromatic heterocycles. The first-order valence-electron chi connectivity index (χ1n) is 10.0. The van der Waals surface area contributed by atoms with Crippen molar-refractivity contribution in [2.75, 3.05) is 39.4 Å². The summed E-state index contributed by atoms with van der Waals surface area (Å²) >= 11 is 0. The fraction of sp³-hybridized carbons (Fsp3) is 0.947. The normalized spacial score (nSPS) is 27.3. The third-order valence-electron chi connectivity index (χ3n) is 5.81. The van der Waals surface area contributed by atoms with Crippen LogP contribution in [-0.2, 0) is 14.3 Å². The molecule has 3 saturated heterocycles. The van der Waals surface area contributed by atoms with Crippen LogP contribution in [0.4, 0.5) is 0 Å². The average Bonchev–Trinajstić information content (AvgIpc) is 2.66.